The molecule has 2 heterocycles. The van der Waals surface area contributed by atoms with E-state index in [2.05, 4.69) is 20.8 Å². The maximum Gasteiger partial charge on any atom is 0.225 e. The molecule has 0 aromatic carbocycles. The van der Waals surface area contributed by atoms with E-state index in [1.54, 1.807) is 10.0 Å². The van der Waals surface area contributed by atoms with Crippen LogP contribution < -0.4 is 28.4 Å². The molecule has 2 aliphatic rings. The molecule has 0 saturated heterocycles. The maximum absolute atomic E-state index is 5.95. The highest BCUT2D eigenvalue weighted by Crippen LogP contribution is 2.07. The molecule has 2 aliphatic heterocycles. The van der Waals surface area contributed by atoms with Gasteiger partial charge in [-0.2, -0.15) is 0 Å². The molecule has 0 saturated carbocycles. The molecule has 0 aromatic rings. The van der Waals surface area contributed by atoms with Crippen molar-refractivity contribution in [3.8, 4) is 0 Å². The van der Waals surface area contributed by atoms with Gasteiger partial charge in [0.05, 0.1) is 26.2 Å². The Morgan fingerprint density at radius 2 is 1.33 bits per heavy atom. The fraction of sp³-hybridized carbons (Fsp3) is 0.667. The topological polar surface area (TPSA) is 137 Å². The molecular formula is C6H18Br2N10. The van der Waals surface area contributed by atoms with Crippen LogP contribution in [0, 0.1) is 0 Å². The van der Waals surface area contributed by atoms with Crippen LogP contribution in [0.5, 0.6) is 0 Å². The molecule has 8 N–H and O–H groups in total. The number of hydrazine groups is 5. The second-order valence-corrected chi connectivity index (χ2v) is 3.27. The fourth-order valence-corrected chi connectivity index (χ4v) is 1.65. The molecule has 0 atom stereocenters. The van der Waals surface area contributed by atoms with Gasteiger partial charge in [-0.3, -0.25) is 10.9 Å². The highest BCUT2D eigenvalue weighted by molar-refractivity contribution is 8.93. The summed E-state index contributed by atoms with van der Waals surface area (Å²) in [5, 5.41) is 4.81. The van der Waals surface area contributed by atoms with Gasteiger partial charge in [0, 0.05) is 0 Å². The normalized spacial score (nSPS) is 18.0. The van der Waals surface area contributed by atoms with Gasteiger partial charge in [0.25, 0.3) is 0 Å². The SMILES string of the molecule is Br.Br.NNC1=NCCN1N(N)N1CCN=C1NN. The summed E-state index contributed by atoms with van der Waals surface area (Å²) in [7, 11) is 0. The third-order valence-corrected chi connectivity index (χ3v) is 2.39. The number of hydrogen-bond acceptors (Lipinski definition) is 10. The summed E-state index contributed by atoms with van der Waals surface area (Å²) in [6.45, 7) is 2.60. The summed E-state index contributed by atoms with van der Waals surface area (Å²) >= 11 is 0. The number of guanidine groups is 2. The van der Waals surface area contributed by atoms with E-state index in [9.17, 15) is 0 Å². The lowest BCUT2D eigenvalue weighted by Gasteiger charge is -2.36. The van der Waals surface area contributed by atoms with Crippen molar-refractivity contribution in [1.82, 2.24) is 26.1 Å². The third kappa shape index (κ3) is 3.21. The number of halogens is 2. The summed E-state index contributed by atoms with van der Waals surface area (Å²) in [6, 6.07) is 0. The van der Waals surface area contributed by atoms with Gasteiger partial charge in [-0.25, -0.2) is 37.5 Å². The lowest BCUT2D eigenvalue weighted by atomic mass is 10.6. The predicted octanol–water partition coefficient (Wildman–Crippen LogP) is -2.58. The average molecular weight is 390 g/mol. The quantitative estimate of drug-likeness (QED) is 0.256. The molecule has 0 fully saturated rings. The third-order valence-electron chi connectivity index (χ3n) is 2.39. The van der Waals surface area contributed by atoms with E-state index in [1.165, 1.54) is 5.23 Å². The molecule has 0 amide bonds. The Bertz CT molecular complexity index is 289. The van der Waals surface area contributed by atoms with Crippen molar-refractivity contribution < 1.29 is 0 Å². The van der Waals surface area contributed by atoms with Crippen molar-refractivity contribution >= 4 is 45.9 Å². The summed E-state index contributed by atoms with van der Waals surface area (Å²) in [5.74, 6) is 17.7. The minimum absolute atomic E-state index is 0. The van der Waals surface area contributed by atoms with E-state index in [0.29, 0.717) is 38.1 Å². The number of hydrogen-bond donors (Lipinski definition) is 5. The van der Waals surface area contributed by atoms with Gasteiger partial charge in [-0.05, 0) is 0 Å². The first-order chi connectivity index (χ1) is 7.77. The van der Waals surface area contributed by atoms with Crippen molar-refractivity contribution in [2.75, 3.05) is 26.2 Å². The van der Waals surface area contributed by atoms with Crippen LogP contribution in [0.25, 0.3) is 0 Å². The number of rotatable bonds is 2. The summed E-state index contributed by atoms with van der Waals surface area (Å²) < 4.78 is 0. The predicted molar refractivity (Wildman–Crippen MR) is 79.3 cm³/mol. The maximum atomic E-state index is 5.95. The van der Waals surface area contributed by atoms with E-state index in [-0.39, 0.29) is 34.0 Å². The standard InChI is InChI=1S/C6H16N10.2BrH/c7-12-5-10-1-3-14(5)16(9)15-4-2-11-6(15)13-8;;/h1-4,7-9H2,(H,10,12)(H,11,13);2*1H. The van der Waals surface area contributed by atoms with E-state index >= 15 is 0 Å². The van der Waals surface area contributed by atoms with Crippen LogP contribution in [-0.2, 0) is 0 Å². The molecule has 0 radical (unpaired) electrons. The Labute approximate surface area is 126 Å². The van der Waals surface area contributed by atoms with E-state index in [1.807, 2.05) is 0 Å². The Hall–Kier alpha value is -0.660. The zero-order valence-corrected chi connectivity index (χ0v) is 13.0. The average Bonchev–Trinajstić information content (AvgIpc) is 2.96. The molecule has 12 heteroatoms. The van der Waals surface area contributed by atoms with Crippen molar-refractivity contribution in [2.24, 2.45) is 27.5 Å². The summed E-state index contributed by atoms with van der Waals surface area (Å²) in [5.41, 5.74) is 4.97. The molecule has 18 heavy (non-hydrogen) atoms. The number of nitrogens with zero attached hydrogens (tertiary/aromatic N) is 5. The van der Waals surface area contributed by atoms with Crippen LogP contribution in [0.1, 0.15) is 0 Å². The lowest BCUT2D eigenvalue weighted by Crippen LogP contribution is -2.64. The molecule has 0 aliphatic carbocycles. The number of nitrogens with two attached hydrogens (primary N) is 3. The lowest BCUT2D eigenvalue weighted by molar-refractivity contribution is -0.0985. The van der Waals surface area contributed by atoms with Gasteiger partial charge < -0.3 is 0 Å². The monoisotopic (exact) mass is 388 g/mol. The molecule has 0 bridgehead atoms. The fourth-order valence-electron chi connectivity index (χ4n) is 1.65. The molecule has 0 aromatic heterocycles. The van der Waals surface area contributed by atoms with Gasteiger partial charge in [-0.15, -0.1) is 34.0 Å². The minimum atomic E-state index is 0. The van der Waals surface area contributed by atoms with Gasteiger partial charge in [0.15, 0.2) is 0 Å². The molecule has 0 spiro atoms. The first-order valence-electron chi connectivity index (χ1n) is 4.89. The van der Waals surface area contributed by atoms with Gasteiger partial charge in [0.1, 0.15) is 0 Å². The number of nitrogens with one attached hydrogen (secondary N) is 2. The van der Waals surface area contributed by atoms with Gasteiger partial charge >= 0.3 is 0 Å². The zero-order valence-electron chi connectivity index (χ0n) is 9.61. The molecule has 106 valence electrons. The van der Waals surface area contributed by atoms with Crippen LogP contribution in [0.2, 0.25) is 0 Å². The largest absolute Gasteiger partial charge is 0.293 e. The Morgan fingerprint density at radius 1 is 0.944 bits per heavy atom. The van der Waals surface area contributed by atoms with Gasteiger partial charge in [-0.1, -0.05) is 5.23 Å². The summed E-state index contributed by atoms with van der Waals surface area (Å²) in [4.78, 5) is 8.29. The van der Waals surface area contributed by atoms with Crippen molar-refractivity contribution in [1.29, 1.82) is 0 Å². The first-order valence-corrected chi connectivity index (χ1v) is 4.89. The van der Waals surface area contributed by atoms with E-state index < -0.39 is 0 Å². The van der Waals surface area contributed by atoms with Crippen LogP contribution in [0.3, 0.4) is 0 Å². The van der Waals surface area contributed by atoms with Crippen molar-refractivity contribution in [3.63, 3.8) is 0 Å². The van der Waals surface area contributed by atoms with Crippen LogP contribution in [0.15, 0.2) is 9.98 Å². The zero-order chi connectivity index (χ0) is 11.5. The molecule has 10 nitrogen and oxygen atoms in total. The van der Waals surface area contributed by atoms with Crippen LogP contribution >= 0.6 is 34.0 Å². The Balaban J connectivity index is 0.00000144. The summed E-state index contributed by atoms with van der Waals surface area (Å²) in [6.07, 6.45) is 0. The molecular weight excluding hydrogens is 372 g/mol. The highest BCUT2D eigenvalue weighted by Gasteiger charge is 2.29. The second kappa shape index (κ2) is 7.70. The van der Waals surface area contributed by atoms with E-state index in [4.69, 9.17) is 17.5 Å². The Morgan fingerprint density at radius 3 is 1.67 bits per heavy atom. The van der Waals surface area contributed by atoms with Crippen molar-refractivity contribution in [3.05, 3.63) is 0 Å². The highest BCUT2D eigenvalue weighted by atomic mass is 79.9. The molecule has 2 rings (SSSR count). The van der Waals surface area contributed by atoms with Crippen molar-refractivity contribution in [2.45, 2.75) is 0 Å². The van der Waals surface area contributed by atoms with Gasteiger partial charge in [0.2, 0.25) is 11.9 Å². The van der Waals surface area contributed by atoms with Crippen LogP contribution in [0.4, 0.5) is 0 Å². The van der Waals surface area contributed by atoms with E-state index in [0.717, 1.165) is 0 Å². The minimum Gasteiger partial charge on any atom is -0.293 e. The molecule has 0 unspecified atom stereocenters. The second-order valence-electron chi connectivity index (χ2n) is 3.27. The smallest absolute Gasteiger partial charge is 0.225 e. The number of aliphatic imine (C=N–C) groups is 2. The van der Waals surface area contributed by atoms with Crippen LogP contribution in [-0.4, -0.2) is 53.3 Å². The first kappa shape index (κ1) is 17.3. The Kier molecular flexibility index (Phi) is 7.42.